The first-order valence-electron chi connectivity index (χ1n) is 8.26. The van der Waals surface area contributed by atoms with Crippen LogP contribution < -0.4 is 15.5 Å². The van der Waals surface area contributed by atoms with Crippen molar-refractivity contribution in [2.24, 2.45) is 5.92 Å². The topological polar surface area (TPSA) is 113 Å². The van der Waals surface area contributed by atoms with Gasteiger partial charge in [0.15, 0.2) is 11.6 Å². The van der Waals surface area contributed by atoms with Gasteiger partial charge in [-0.3, -0.25) is 14.9 Å². The molecular weight excluding hydrogens is 343 g/mol. The molecule has 0 spiro atoms. The molecule has 3 heterocycles. The quantitative estimate of drug-likeness (QED) is 0.776. The van der Waals surface area contributed by atoms with Gasteiger partial charge in [0.1, 0.15) is 5.76 Å². The lowest BCUT2D eigenvalue weighted by molar-refractivity contribution is -0.136. The number of carbonyl (C=O) groups is 2. The zero-order valence-corrected chi connectivity index (χ0v) is 14.2. The van der Waals surface area contributed by atoms with Crippen molar-refractivity contribution in [3.05, 3.63) is 30.0 Å². The summed E-state index contributed by atoms with van der Waals surface area (Å²) in [6, 6.07) is 1.53. The van der Waals surface area contributed by atoms with Crippen molar-refractivity contribution in [3.8, 4) is 0 Å². The second-order valence-electron chi connectivity index (χ2n) is 6.12. The van der Waals surface area contributed by atoms with E-state index in [1.165, 1.54) is 6.07 Å². The highest BCUT2D eigenvalue weighted by molar-refractivity contribution is 6.39. The van der Waals surface area contributed by atoms with Crippen molar-refractivity contribution in [1.29, 1.82) is 0 Å². The van der Waals surface area contributed by atoms with E-state index in [2.05, 4.69) is 25.8 Å². The van der Waals surface area contributed by atoms with Gasteiger partial charge in [0, 0.05) is 25.7 Å². The molecule has 0 saturated carbocycles. The normalized spacial score (nSPS) is 14.9. The monoisotopic (exact) mass is 362 g/mol. The van der Waals surface area contributed by atoms with Crippen LogP contribution in [0.1, 0.15) is 18.6 Å². The van der Waals surface area contributed by atoms with E-state index < -0.39 is 17.6 Å². The predicted molar refractivity (Wildman–Crippen MR) is 89.8 cm³/mol. The van der Waals surface area contributed by atoms with Gasteiger partial charge in [0.25, 0.3) is 0 Å². The Kier molecular flexibility index (Phi) is 5.40. The van der Waals surface area contributed by atoms with E-state index in [0.717, 1.165) is 25.2 Å². The zero-order valence-electron chi connectivity index (χ0n) is 14.2. The number of hydrogen-bond acceptors (Lipinski definition) is 7. The van der Waals surface area contributed by atoms with Crippen molar-refractivity contribution in [2.75, 3.05) is 29.9 Å². The highest BCUT2D eigenvalue weighted by Crippen LogP contribution is 2.19. The van der Waals surface area contributed by atoms with Gasteiger partial charge in [0.05, 0.1) is 12.4 Å². The second kappa shape index (κ2) is 7.89. The summed E-state index contributed by atoms with van der Waals surface area (Å²) in [5.41, 5.74) is 0. The third kappa shape index (κ3) is 4.52. The third-order valence-electron chi connectivity index (χ3n) is 4.13. The first-order valence-corrected chi connectivity index (χ1v) is 8.26. The Labute approximate surface area is 149 Å². The predicted octanol–water partition coefficient (Wildman–Crippen LogP) is 0.883. The van der Waals surface area contributed by atoms with Gasteiger partial charge in [-0.25, -0.2) is 14.4 Å². The third-order valence-corrected chi connectivity index (χ3v) is 4.13. The van der Waals surface area contributed by atoms with Crippen LogP contribution in [0.4, 0.5) is 16.2 Å². The Morgan fingerprint density at radius 1 is 1.27 bits per heavy atom. The molecule has 1 aliphatic heterocycles. The molecule has 3 rings (SSSR count). The summed E-state index contributed by atoms with van der Waals surface area (Å²) in [7, 11) is 0. The minimum atomic E-state index is -0.782. The number of hydrogen-bond donors (Lipinski definition) is 2. The van der Waals surface area contributed by atoms with Crippen LogP contribution in [-0.2, 0) is 9.59 Å². The molecule has 2 aromatic rings. The van der Waals surface area contributed by atoms with E-state index in [1.54, 1.807) is 6.92 Å². The first-order chi connectivity index (χ1) is 12.5. The largest absolute Gasteiger partial charge is 0.360 e. The molecule has 1 fully saturated rings. The van der Waals surface area contributed by atoms with E-state index >= 15 is 0 Å². The van der Waals surface area contributed by atoms with Crippen LogP contribution in [0.2, 0.25) is 0 Å². The van der Waals surface area contributed by atoms with Crippen molar-refractivity contribution < 1.29 is 18.5 Å². The molecular formula is C16H19FN6O3. The number of anilines is 2. The Balaban J connectivity index is 1.41. The van der Waals surface area contributed by atoms with Crippen LogP contribution in [0.25, 0.3) is 0 Å². The van der Waals surface area contributed by atoms with Gasteiger partial charge in [0.2, 0.25) is 5.95 Å². The number of halogens is 1. The van der Waals surface area contributed by atoms with E-state index in [0.29, 0.717) is 31.3 Å². The fourth-order valence-electron chi connectivity index (χ4n) is 2.72. The van der Waals surface area contributed by atoms with Gasteiger partial charge < -0.3 is 14.7 Å². The maximum atomic E-state index is 12.9. The molecule has 2 aromatic heterocycles. The highest BCUT2D eigenvalue weighted by atomic mass is 19.1. The lowest BCUT2D eigenvalue weighted by atomic mass is 9.97. The minimum absolute atomic E-state index is 0.204. The Bertz CT molecular complexity index is 771. The SMILES string of the molecule is Cc1cc(NC(=O)C(=O)NCC2CCN(c3ncc(F)cn3)CC2)no1. The molecule has 26 heavy (non-hydrogen) atoms. The van der Waals surface area contributed by atoms with Crippen molar-refractivity contribution in [2.45, 2.75) is 19.8 Å². The van der Waals surface area contributed by atoms with Crippen LogP contribution in [-0.4, -0.2) is 46.6 Å². The molecule has 1 saturated heterocycles. The number of aryl methyl sites for hydroxylation is 1. The van der Waals surface area contributed by atoms with Gasteiger partial charge >= 0.3 is 11.8 Å². The molecule has 10 heteroatoms. The second-order valence-corrected chi connectivity index (χ2v) is 6.12. The number of piperidine rings is 1. The first kappa shape index (κ1) is 17.8. The number of nitrogens with zero attached hydrogens (tertiary/aromatic N) is 4. The summed E-state index contributed by atoms with van der Waals surface area (Å²) in [5, 5.41) is 8.61. The summed E-state index contributed by atoms with van der Waals surface area (Å²) >= 11 is 0. The summed E-state index contributed by atoms with van der Waals surface area (Å²) in [6.07, 6.45) is 3.91. The maximum absolute atomic E-state index is 12.9. The molecule has 9 nitrogen and oxygen atoms in total. The number of aromatic nitrogens is 3. The van der Waals surface area contributed by atoms with E-state index in [1.807, 2.05) is 4.90 Å². The molecule has 0 aromatic carbocycles. The van der Waals surface area contributed by atoms with E-state index in [-0.39, 0.29) is 11.7 Å². The van der Waals surface area contributed by atoms with Crippen LogP contribution in [0, 0.1) is 18.7 Å². The summed E-state index contributed by atoms with van der Waals surface area (Å²) in [4.78, 5) is 33.6. The van der Waals surface area contributed by atoms with Gasteiger partial charge in [-0.2, -0.15) is 0 Å². The van der Waals surface area contributed by atoms with Crippen molar-refractivity contribution >= 4 is 23.6 Å². The molecule has 2 amide bonds. The molecule has 0 bridgehead atoms. The number of rotatable bonds is 4. The summed E-state index contributed by atoms with van der Waals surface area (Å²) < 4.78 is 17.7. The molecule has 0 radical (unpaired) electrons. The van der Waals surface area contributed by atoms with Crippen molar-refractivity contribution in [3.63, 3.8) is 0 Å². The summed E-state index contributed by atoms with van der Waals surface area (Å²) in [5.74, 6) is -0.474. The average Bonchev–Trinajstić information content (AvgIpc) is 3.05. The molecule has 138 valence electrons. The lowest BCUT2D eigenvalue weighted by Gasteiger charge is -2.31. The number of amides is 2. The fraction of sp³-hybridized carbons (Fsp3) is 0.438. The van der Waals surface area contributed by atoms with Gasteiger partial charge in [-0.1, -0.05) is 5.16 Å². The van der Waals surface area contributed by atoms with E-state index in [9.17, 15) is 14.0 Å². The number of carbonyl (C=O) groups excluding carboxylic acids is 2. The average molecular weight is 362 g/mol. The van der Waals surface area contributed by atoms with E-state index in [4.69, 9.17) is 4.52 Å². The Morgan fingerprint density at radius 3 is 2.58 bits per heavy atom. The van der Waals surface area contributed by atoms with Crippen LogP contribution in [0.3, 0.4) is 0 Å². The zero-order chi connectivity index (χ0) is 18.5. The van der Waals surface area contributed by atoms with Crippen LogP contribution in [0.5, 0.6) is 0 Å². The fourth-order valence-corrected chi connectivity index (χ4v) is 2.72. The minimum Gasteiger partial charge on any atom is -0.360 e. The molecule has 0 unspecified atom stereocenters. The number of nitrogens with one attached hydrogen (secondary N) is 2. The smallest absolute Gasteiger partial charge is 0.314 e. The van der Waals surface area contributed by atoms with Gasteiger partial charge in [-0.15, -0.1) is 0 Å². The summed E-state index contributed by atoms with van der Waals surface area (Å²) in [6.45, 7) is 3.50. The Morgan fingerprint density at radius 2 is 1.96 bits per heavy atom. The van der Waals surface area contributed by atoms with Crippen LogP contribution >= 0.6 is 0 Å². The molecule has 1 aliphatic rings. The molecule has 0 aliphatic carbocycles. The Hall–Kier alpha value is -3.04. The highest BCUT2D eigenvalue weighted by Gasteiger charge is 2.23. The van der Waals surface area contributed by atoms with Crippen molar-refractivity contribution in [1.82, 2.24) is 20.4 Å². The molecule has 2 N–H and O–H groups in total. The van der Waals surface area contributed by atoms with Crippen LogP contribution in [0.15, 0.2) is 23.0 Å². The molecule has 0 atom stereocenters. The standard InChI is InChI=1S/C16H19FN6O3/c1-10-6-13(22-26-10)21-15(25)14(24)18-7-11-2-4-23(5-3-11)16-19-8-12(17)9-20-16/h6,8-9,11H,2-5,7H2,1H3,(H,18,24)(H,21,22,25). The maximum Gasteiger partial charge on any atom is 0.314 e. The lowest BCUT2D eigenvalue weighted by Crippen LogP contribution is -2.42. The van der Waals surface area contributed by atoms with Gasteiger partial charge in [-0.05, 0) is 25.7 Å².